The van der Waals surface area contributed by atoms with Crippen LogP contribution >= 0.6 is 34.2 Å². The lowest BCUT2D eigenvalue weighted by molar-refractivity contribution is 0.399. The van der Waals surface area contributed by atoms with E-state index in [0.29, 0.717) is 10.7 Å². The molecule has 19 heavy (non-hydrogen) atoms. The number of hydrogen-bond donors (Lipinski definition) is 2. The molecule has 1 aliphatic rings. The fourth-order valence-corrected chi connectivity index (χ4v) is 3.15. The first kappa shape index (κ1) is 13.1. The van der Waals surface area contributed by atoms with E-state index in [1.165, 1.54) is 4.57 Å². The van der Waals surface area contributed by atoms with Gasteiger partial charge in [0.1, 0.15) is 0 Å². The van der Waals surface area contributed by atoms with Gasteiger partial charge in [-0.15, -0.1) is 0 Å². The van der Waals surface area contributed by atoms with Crippen LogP contribution < -0.4 is 0 Å². The van der Waals surface area contributed by atoms with E-state index >= 15 is 0 Å². The van der Waals surface area contributed by atoms with Gasteiger partial charge in [-0.3, -0.25) is 4.57 Å². The molecule has 0 amide bonds. The lowest BCUT2D eigenvalue weighted by atomic mass is 9.95. The molecule has 0 aliphatic heterocycles. The first-order valence-electron chi connectivity index (χ1n) is 6.19. The topological polar surface area (TPSA) is 45.4 Å². The lowest BCUT2D eigenvalue weighted by Crippen LogP contribution is -1.98. The molecule has 0 fully saturated rings. The Morgan fingerprint density at radius 2 is 1.63 bits per heavy atom. The second-order valence-corrected chi connectivity index (χ2v) is 6.31. The summed E-state index contributed by atoms with van der Waals surface area (Å²) >= 11 is 8.26. The van der Waals surface area contributed by atoms with Gasteiger partial charge in [0.2, 0.25) is 11.8 Å². The number of rotatable bonds is 1. The van der Waals surface area contributed by atoms with Crippen LogP contribution in [0.3, 0.4) is 0 Å². The molecule has 3 rings (SSSR count). The molecule has 1 aliphatic carbocycles. The monoisotopic (exact) mass is 389 g/mol. The van der Waals surface area contributed by atoms with Gasteiger partial charge in [0.05, 0.1) is 10.7 Å². The van der Waals surface area contributed by atoms with Gasteiger partial charge in [-0.25, -0.2) is 0 Å². The Kier molecular flexibility index (Phi) is 3.39. The van der Waals surface area contributed by atoms with E-state index in [-0.39, 0.29) is 11.8 Å². The third-order valence-corrected chi connectivity index (χ3v) is 5.16. The first-order chi connectivity index (χ1) is 9.09. The van der Waals surface area contributed by atoms with Crippen LogP contribution in [0.5, 0.6) is 11.8 Å². The Morgan fingerprint density at radius 1 is 1.05 bits per heavy atom. The molecule has 0 radical (unpaired) electrons. The van der Waals surface area contributed by atoms with Crippen molar-refractivity contribution in [3.05, 3.63) is 37.9 Å². The second-order valence-electron chi connectivity index (χ2n) is 4.75. The maximum atomic E-state index is 10.3. The van der Waals surface area contributed by atoms with E-state index in [1.54, 1.807) is 6.07 Å². The average molecular weight is 390 g/mol. The van der Waals surface area contributed by atoms with Crippen LogP contribution in [0.1, 0.15) is 24.0 Å². The summed E-state index contributed by atoms with van der Waals surface area (Å²) in [6.45, 7) is 0. The Balaban J connectivity index is 2.19. The normalized spacial score (nSPS) is 14.4. The summed E-state index contributed by atoms with van der Waals surface area (Å²) in [5, 5.41) is 21.3. The van der Waals surface area contributed by atoms with Gasteiger partial charge in [0.25, 0.3) is 0 Å². The van der Waals surface area contributed by atoms with E-state index in [0.717, 1.165) is 40.4 Å². The Morgan fingerprint density at radius 3 is 2.16 bits per heavy atom. The summed E-state index contributed by atoms with van der Waals surface area (Å²) < 4.78 is 2.43. The summed E-state index contributed by atoms with van der Waals surface area (Å²) in [6, 6.07) is 5.48. The van der Waals surface area contributed by atoms with Crippen LogP contribution in [-0.2, 0) is 12.8 Å². The minimum atomic E-state index is 0.143. The molecule has 1 heterocycles. The molecule has 2 aromatic rings. The van der Waals surface area contributed by atoms with Crippen molar-refractivity contribution in [1.82, 2.24) is 4.57 Å². The third kappa shape index (κ3) is 2.10. The van der Waals surface area contributed by atoms with Crippen molar-refractivity contribution in [2.45, 2.75) is 25.7 Å². The predicted octanol–water partition coefficient (Wildman–Crippen LogP) is 4.03. The minimum Gasteiger partial charge on any atom is -0.494 e. The van der Waals surface area contributed by atoms with E-state index in [2.05, 4.69) is 22.6 Å². The molecular weight excluding hydrogens is 377 g/mol. The maximum Gasteiger partial charge on any atom is 0.202 e. The molecular formula is C14H13ClINO2. The van der Waals surface area contributed by atoms with Crippen molar-refractivity contribution >= 4 is 34.2 Å². The second kappa shape index (κ2) is 4.90. The van der Waals surface area contributed by atoms with Crippen molar-refractivity contribution in [1.29, 1.82) is 0 Å². The zero-order valence-corrected chi connectivity index (χ0v) is 13.1. The summed E-state index contributed by atoms with van der Waals surface area (Å²) in [5.41, 5.74) is 2.44. The third-order valence-electron chi connectivity index (χ3n) is 3.59. The van der Waals surface area contributed by atoms with Crippen LogP contribution in [0.25, 0.3) is 5.69 Å². The molecule has 100 valence electrons. The van der Waals surface area contributed by atoms with Gasteiger partial charge in [0.15, 0.2) is 0 Å². The molecule has 5 heteroatoms. The highest BCUT2D eigenvalue weighted by molar-refractivity contribution is 14.1. The number of hydrogen-bond acceptors (Lipinski definition) is 2. The van der Waals surface area contributed by atoms with Crippen molar-refractivity contribution in [3.63, 3.8) is 0 Å². The van der Waals surface area contributed by atoms with Crippen molar-refractivity contribution in [2.75, 3.05) is 0 Å². The van der Waals surface area contributed by atoms with E-state index in [4.69, 9.17) is 11.6 Å². The quantitative estimate of drug-likeness (QED) is 0.724. The molecule has 0 bridgehead atoms. The summed E-state index contributed by atoms with van der Waals surface area (Å²) in [6.07, 6.45) is 3.74. The number of halogens is 2. The largest absolute Gasteiger partial charge is 0.494 e. The molecule has 2 N–H and O–H groups in total. The van der Waals surface area contributed by atoms with Gasteiger partial charge in [-0.05, 0) is 66.5 Å². The molecule has 3 nitrogen and oxygen atoms in total. The Labute approximate surface area is 130 Å². The van der Waals surface area contributed by atoms with Crippen LogP contribution in [0.2, 0.25) is 5.02 Å². The smallest absolute Gasteiger partial charge is 0.202 e. The maximum absolute atomic E-state index is 10.3. The summed E-state index contributed by atoms with van der Waals surface area (Å²) in [7, 11) is 0. The fraction of sp³-hybridized carbons (Fsp3) is 0.286. The number of fused-ring (bicyclic) bond motifs is 1. The number of benzene rings is 1. The average Bonchev–Trinajstić information content (AvgIpc) is 2.66. The van der Waals surface area contributed by atoms with Crippen LogP contribution in [0.15, 0.2) is 18.2 Å². The standard InChI is InChI=1S/C14H13ClINO2/c15-11-7-8(5-6-12(11)16)17-13(18)9-3-1-2-4-10(9)14(17)19/h5-7,18-19H,1-4H2. The van der Waals surface area contributed by atoms with Crippen LogP contribution in [-0.4, -0.2) is 14.8 Å². The van der Waals surface area contributed by atoms with Gasteiger partial charge in [-0.2, -0.15) is 0 Å². The van der Waals surface area contributed by atoms with Gasteiger partial charge < -0.3 is 10.2 Å². The molecule has 1 aromatic carbocycles. The minimum absolute atomic E-state index is 0.143. The van der Waals surface area contributed by atoms with Crippen molar-refractivity contribution in [2.24, 2.45) is 0 Å². The van der Waals surface area contributed by atoms with Crippen molar-refractivity contribution < 1.29 is 10.2 Å². The van der Waals surface area contributed by atoms with Gasteiger partial charge in [-0.1, -0.05) is 11.6 Å². The Hall–Kier alpha value is -0.880. The molecule has 0 spiro atoms. The van der Waals surface area contributed by atoms with E-state index < -0.39 is 0 Å². The highest BCUT2D eigenvalue weighted by atomic mass is 127. The SMILES string of the molecule is Oc1c2c(c(O)n1-c1ccc(I)c(Cl)c1)CCCC2. The van der Waals surface area contributed by atoms with E-state index in [1.807, 2.05) is 12.1 Å². The molecule has 1 aromatic heterocycles. The number of nitrogens with zero attached hydrogens (tertiary/aromatic N) is 1. The summed E-state index contributed by atoms with van der Waals surface area (Å²) in [5.74, 6) is 0.286. The van der Waals surface area contributed by atoms with Gasteiger partial charge in [0, 0.05) is 14.7 Å². The fourth-order valence-electron chi connectivity index (χ4n) is 2.64. The highest BCUT2D eigenvalue weighted by Crippen LogP contribution is 2.41. The number of aromatic nitrogens is 1. The summed E-state index contributed by atoms with van der Waals surface area (Å²) in [4.78, 5) is 0. The van der Waals surface area contributed by atoms with E-state index in [9.17, 15) is 10.2 Å². The lowest BCUT2D eigenvalue weighted by Gasteiger charge is -2.09. The van der Waals surface area contributed by atoms with Crippen LogP contribution in [0, 0.1) is 3.57 Å². The first-order valence-corrected chi connectivity index (χ1v) is 7.65. The molecule has 0 unspecified atom stereocenters. The number of aromatic hydroxyl groups is 2. The predicted molar refractivity (Wildman–Crippen MR) is 83.5 cm³/mol. The zero-order chi connectivity index (χ0) is 13.6. The molecule has 0 saturated carbocycles. The molecule has 0 saturated heterocycles. The zero-order valence-electron chi connectivity index (χ0n) is 10.2. The Bertz CT molecular complexity index is 622. The highest BCUT2D eigenvalue weighted by Gasteiger charge is 2.25. The van der Waals surface area contributed by atoms with Crippen molar-refractivity contribution in [3.8, 4) is 17.4 Å². The van der Waals surface area contributed by atoms with Crippen LogP contribution in [0.4, 0.5) is 0 Å². The van der Waals surface area contributed by atoms with Gasteiger partial charge >= 0.3 is 0 Å². The molecule has 0 atom stereocenters.